The topological polar surface area (TPSA) is 90.4 Å². The zero-order chi connectivity index (χ0) is 14.3. The van der Waals surface area contributed by atoms with Gasteiger partial charge in [0.2, 0.25) is 4.96 Å². The van der Waals surface area contributed by atoms with Crippen molar-refractivity contribution >= 4 is 28.1 Å². The van der Waals surface area contributed by atoms with Crippen LogP contribution in [-0.4, -0.2) is 19.5 Å². The Balaban J connectivity index is 2.09. The molecule has 100 valence electrons. The molecule has 0 aliphatic rings. The lowest BCUT2D eigenvalue weighted by Gasteiger charge is -1.92. The van der Waals surface area contributed by atoms with E-state index in [0.717, 1.165) is 0 Å². The number of nitro benzene ring substituents is 1. The third kappa shape index (κ3) is 2.05. The van der Waals surface area contributed by atoms with Gasteiger partial charge in [0, 0.05) is 12.1 Å². The summed E-state index contributed by atoms with van der Waals surface area (Å²) in [6.45, 7) is 1.72. The van der Waals surface area contributed by atoms with Crippen molar-refractivity contribution in [1.82, 2.24) is 14.6 Å². The summed E-state index contributed by atoms with van der Waals surface area (Å²) in [7, 11) is 0. The Labute approximate surface area is 116 Å². The molecule has 7 nitrogen and oxygen atoms in total. The number of aromatic nitrogens is 3. The number of nitro groups is 1. The van der Waals surface area contributed by atoms with Crippen molar-refractivity contribution in [3.05, 3.63) is 60.7 Å². The van der Waals surface area contributed by atoms with Crippen LogP contribution in [0.5, 0.6) is 0 Å². The van der Waals surface area contributed by atoms with E-state index in [9.17, 15) is 14.9 Å². The quantitative estimate of drug-likeness (QED) is 0.516. The number of rotatable bonds is 2. The van der Waals surface area contributed by atoms with Gasteiger partial charge in [0.1, 0.15) is 5.82 Å². The van der Waals surface area contributed by atoms with E-state index in [1.54, 1.807) is 25.1 Å². The van der Waals surface area contributed by atoms with Gasteiger partial charge in [-0.05, 0) is 30.7 Å². The van der Waals surface area contributed by atoms with Crippen molar-refractivity contribution in [3.8, 4) is 0 Å². The number of non-ortho nitro benzene ring substituents is 1. The number of hydrogen-bond acceptors (Lipinski definition) is 6. The molecule has 0 atom stereocenters. The van der Waals surface area contributed by atoms with E-state index < -0.39 is 4.92 Å². The van der Waals surface area contributed by atoms with Gasteiger partial charge in [-0.3, -0.25) is 14.9 Å². The molecule has 1 aromatic carbocycles. The molecule has 0 unspecified atom stereocenters. The van der Waals surface area contributed by atoms with Gasteiger partial charge in [-0.2, -0.15) is 4.52 Å². The summed E-state index contributed by atoms with van der Waals surface area (Å²) < 4.78 is 1.76. The fraction of sp³-hybridized carbons (Fsp3) is 0.0833. The second-order valence-corrected chi connectivity index (χ2v) is 5.13. The molecule has 0 spiro atoms. The summed E-state index contributed by atoms with van der Waals surface area (Å²) in [5.74, 6) is 0.551. The zero-order valence-electron chi connectivity index (χ0n) is 10.3. The SMILES string of the molecule is Cc1nc2s/c(=C\c3ccc([N+](=O)[O-])cc3)c(=O)n2n1. The summed E-state index contributed by atoms with van der Waals surface area (Å²) in [5, 5.41) is 14.6. The number of nitrogens with zero attached hydrogens (tertiary/aromatic N) is 4. The zero-order valence-corrected chi connectivity index (χ0v) is 11.1. The number of hydrogen-bond donors (Lipinski definition) is 0. The molecular formula is C12H8N4O3S. The third-order valence-corrected chi connectivity index (χ3v) is 3.65. The molecule has 0 N–H and O–H groups in total. The third-order valence-electron chi connectivity index (χ3n) is 2.69. The lowest BCUT2D eigenvalue weighted by atomic mass is 10.2. The Bertz CT molecular complexity index is 911. The Morgan fingerprint density at radius 2 is 2.05 bits per heavy atom. The minimum atomic E-state index is -0.464. The first-order valence-corrected chi connectivity index (χ1v) is 6.48. The van der Waals surface area contributed by atoms with Crippen LogP contribution >= 0.6 is 11.3 Å². The van der Waals surface area contributed by atoms with E-state index in [0.29, 0.717) is 20.9 Å². The Morgan fingerprint density at radius 1 is 1.35 bits per heavy atom. The van der Waals surface area contributed by atoms with Crippen LogP contribution in [-0.2, 0) is 0 Å². The maximum absolute atomic E-state index is 12.1. The van der Waals surface area contributed by atoms with Gasteiger partial charge in [0.05, 0.1) is 9.46 Å². The average molecular weight is 288 g/mol. The molecule has 0 radical (unpaired) electrons. The fourth-order valence-corrected chi connectivity index (χ4v) is 2.73. The average Bonchev–Trinajstić information content (AvgIpc) is 2.90. The molecule has 8 heteroatoms. The van der Waals surface area contributed by atoms with E-state index in [2.05, 4.69) is 10.1 Å². The molecule has 0 aliphatic carbocycles. The highest BCUT2D eigenvalue weighted by atomic mass is 32.1. The normalized spacial score (nSPS) is 12.2. The summed E-state index contributed by atoms with van der Waals surface area (Å²) >= 11 is 1.24. The molecule has 0 bridgehead atoms. The van der Waals surface area contributed by atoms with Crippen LogP contribution in [0.3, 0.4) is 0 Å². The summed E-state index contributed by atoms with van der Waals surface area (Å²) in [4.78, 5) is 26.8. The Hall–Kier alpha value is -2.61. The largest absolute Gasteiger partial charge is 0.291 e. The van der Waals surface area contributed by atoms with E-state index in [-0.39, 0.29) is 11.2 Å². The Kier molecular flexibility index (Phi) is 2.79. The van der Waals surface area contributed by atoms with Crippen molar-refractivity contribution in [3.63, 3.8) is 0 Å². The van der Waals surface area contributed by atoms with Crippen LogP contribution in [0.15, 0.2) is 29.1 Å². The summed E-state index contributed by atoms with van der Waals surface area (Å²) in [6, 6.07) is 5.99. The predicted molar refractivity (Wildman–Crippen MR) is 73.8 cm³/mol. The highest BCUT2D eigenvalue weighted by molar-refractivity contribution is 7.15. The lowest BCUT2D eigenvalue weighted by Crippen LogP contribution is -2.23. The van der Waals surface area contributed by atoms with Crippen LogP contribution < -0.4 is 10.1 Å². The van der Waals surface area contributed by atoms with Crippen molar-refractivity contribution in [1.29, 1.82) is 0 Å². The van der Waals surface area contributed by atoms with Gasteiger partial charge in [-0.25, -0.2) is 4.98 Å². The Morgan fingerprint density at radius 3 is 2.65 bits per heavy atom. The van der Waals surface area contributed by atoms with E-state index in [4.69, 9.17) is 0 Å². The second kappa shape index (κ2) is 4.49. The van der Waals surface area contributed by atoms with E-state index in [1.807, 2.05) is 0 Å². The van der Waals surface area contributed by atoms with Crippen molar-refractivity contribution in [2.24, 2.45) is 0 Å². The first kappa shape index (κ1) is 12.4. The molecule has 0 saturated heterocycles. The smallest absolute Gasteiger partial charge is 0.266 e. The lowest BCUT2D eigenvalue weighted by molar-refractivity contribution is -0.384. The van der Waals surface area contributed by atoms with Crippen LogP contribution in [0.2, 0.25) is 0 Å². The minimum absolute atomic E-state index is 0.0165. The minimum Gasteiger partial charge on any atom is -0.266 e. The van der Waals surface area contributed by atoms with Gasteiger partial charge in [0.25, 0.3) is 11.2 Å². The van der Waals surface area contributed by atoms with Gasteiger partial charge >= 0.3 is 0 Å². The van der Waals surface area contributed by atoms with Crippen LogP contribution in [0.25, 0.3) is 11.0 Å². The molecule has 20 heavy (non-hydrogen) atoms. The number of aryl methyl sites for hydroxylation is 1. The van der Waals surface area contributed by atoms with Gasteiger partial charge in [-0.15, -0.1) is 5.10 Å². The molecule has 0 amide bonds. The van der Waals surface area contributed by atoms with E-state index >= 15 is 0 Å². The monoisotopic (exact) mass is 288 g/mol. The molecule has 0 aliphatic heterocycles. The van der Waals surface area contributed by atoms with Crippen LogP contribution in [0.1, 0.15) is 11.4 Å². The molecule has 0 saturated carbocycles. The molecule has 0 fully saturated rings. The maximum atomic E-state index is 12.1. The van der Waals surface area contributed by atoms with Gasteiger partial charge in [-0.1, -0.05) is 11.3 Å². The highest BCUT2D eigenvalue weighted by Gasteiger charge is 2.08. The summed E-state index contributed by atoms with van der Waals surface area (Å²) in [6.07, 6.45) is 1.67. The van der Waals surface area contributed by atoms with Crippen molar-refractivity contribution in [2.45, 2.75) is 6.92 Å². The van der Waals surface area contributed by atoms with E-state index in [1.165, 1.54) is 28.0 Å². The number of thiazole rings is 1. The first-order valence-electron chi connectivity index (χ1n) is 5.67. The fourth-order valence-electron chi connectivity index (χ4n) is 1.78. The van der Waals surface area contributed by atoms with Crippen LogP contribution in [0.4, 0.5) is 5.69 Å². The molecular weight excluding hydrogens is 280 g/mol. The second-order valence-electron chi connectivity index (χ2n) is 4.12. The predicted octanol–water partition coefficient (Wildman–Crippen LogP) is 0.915. The first-order chi connectivity index (χ1) is 9.54. The van der Waals surface area contributed by atoms with Gasteiger partial charge < -0.3 is 0 Å². The highest BCUT2D eigenvalue weighted by Crippen LogP contribution is 2.12. The number of benzene rings is 1. The molecule has 2 aromatic heterocycles. The summed E-state index contributed by atoms with van der Waals surface area (Å²) in [5.41, 5.74) is 0.501. The van der Waals surface area contributed by atoms with Crippen molar-refractivity contribution < 1.29 is 4.92 Å². The van der Waals surface area contributed by atoms with Crippen LogP contribution in [0, 0.1) is 17.0 Å². The standard InChI is InChI=1S/C12H8N4O3S/c1-7-13-12-15(14-7)11(17)10(20-12)6-8-2-4-9(5-3-8)16(18)19/h2-6H,1H3/b10-6-. The molecule has 2 heterocycles. The molecule has 3 rings (SSSR count). The van der Waals surface area contributed by atoms with Crippen molar-refractivity contribution in [2.75, 3.05) is 0 Å². The number of fused-ring (bicyclic) bond motifs is 1. The maximum Gasteiger partial charge on any atom is 0.291 e. The molecule has 3 aromatic rings. The van der Waals surface area contributed by atoms with Gasteiger partial charge in [0.15, 0.2) is 0 Å².